The lowest BCUT2D eigenvalue weighted by molar-refractivity contribution is 0.102. The fourth-order valence-corrected chi connectivity index (χ4v) is 2.78. The van der Waals surface area contributed by atoms with Gasteiger partial charge < -0.3 is 10.6 Å². The summed E-state index contributed by atoms with van der Waals surface area (Å²) in [5.41, 5.74) is 1.26. The number of benzene rings is 2. The number of carbonyl (C=O) groups excluding carboxylic acids is 1. The van der Waals surface area contributed by atoms with Crippen LogP contribution in [0.5, 0.6) is 0 Å². The van der Waals surface area contributed by atoms with Crippen LogP contribution in [-0.2, 0) is 0 Å². The molecule has 1 heterocycles. The van der Waals surface area contributed by atoms with Crippen LogP contribution in [0.2, 0.25) is 10.0 Å². The first-order chi connectivity index (χ1) is 12.4. The molecule has 0 unspecified atom stereocenters. The van der Waals surface area contributed by atoms with Crippen LogP contribution in [0.3, 0.4) is 0 Å². The minimum absolute atomic E-state index is 0.164. The van der Waals surface area contributed by atoms with Crippen molar-refractivity contribution in [1.29, 1.82) is 0 Å². The SMILES string of the molecule is Cc1nc(Nc2cc(Cl)cc(Cl)c2)cc(C(=O)Nc2ccc(F)cc2)n1. The Morgan fingerprint density at radius 1 is 0.962 bits per heavy atom. The standard InChI is InChI=1S/C18H13Cl2FN4O/c1-10-22-16(18(26)25-14-4-2-13(21)3-5-14)9-17(23-10)24-15-7-11(19)6-12(20)8-15/h2-9H,1H3,(H,25,26)(H,22,23,24). The lowest BCUT2D eigenvalue weighted by atomic mass is 10.2. The van der Waals surface area contributed by atoms with Gasteiger partial charge in [0, 0.05) is 27.5 Å². The van der Waals surface area contributed by atoms with Gasteiger partial charge in [-0.25, -0.2) is 14.4 Å². The van der Waals surface area contributed by atoms with E-state index in [0.717, 1.165) is 0 Å². The molecule has 1 amide bonds. The second-order valence-electron chi connectivity index (χ2n) is 5.43. The molecule has 0 aliphatic carbocycles. The Kier molecular flexibility index (Phi) is 5.35. The maximum Gasteiger partial charge on any atom is 0.274 e. The van der Waals surface area contributed by atoms with Crippen LogP contribution in [0.4, 0.5) is 21.6 Å². The van der Waals surface area contributed by atoms with Crippen molar-refractivity contribution in [2.24, 2.45) is 0 Å². The first-order valence-electron chi connectivity index (χ1n) is 7.55. The lowest BCUT2D eigenvalue weighted by Crippen LogP contribution is -2.15. The highest BCUT2D eigenvalue weighted by Gasteiger charge is 2.12. The number of hydrogen-bond donors (Lipinski definition) is 2. The van der Waals surface area contributed by atoms with Gasteiger partial charge in [0.2, 0.25) is 0 Å². The Bertz CT molecular complexity index is 944. The fraction of sp³-hybridized carbons (Fsp3) is 0.0556. The van der Waals surface area contributed by atoms with E-state index in [-0.39, 0.29) is 11.5 Å². The van der Waals surface area contributed by atoms with E-state index in [4.69, 9.17) is 23.2 Å². The molecule has 0 radical (unpaired) electrons. The van der Waals surface area contributed by atoms with Crippen LogP contribution in [-0.4, -0.2) is 15.9 Å². The van der Waals surface area contributed by atoms with Gasteiger partial charge in [-0.2, -0.15) is 0 Å². The molecule has 3 aromatic rings. The van der Waals surface area contributed by atoms with Gasteiger partial charge in [-0.3, -0.25) is 4.79 Å². The largest absolute Gasteiger partial charge is 0.340 e. The second-order valence-corrected chi connectivity index (χ2v) is 6.30. The molecule has 26 heavy (non-hydrogen) atoms. The Morgan fingerprint density at radius 3 is 2.27 bits per heavy atom. The molecule has 2 N–H and O–H groups in total. The summed E-state index contributed by atoms with van der Waals surface area (Å²) in [7, 11) is 0. The molecule has 0 saturated carbocycles. The van der Waals surface area contributed by atoms with E-state index in [1.165, 1.54) is 30.3 Å². The van der Waals surface area contributed by atoms with Crippen molar-refractivity contribution in [2.45, 2.75) is 6.92 Å². The van der Waals surface area contributed by atoms with Crippen molar-refractivity contribution in [3.63, 3.8) is 0 Å². The third-order valence-electron chi connectivity index (χ3n) is 3.31. The topological polar surface area (TPSA) is 66.9 Å². The highest BCUT2D eigenvalue weighted by atomic mass is 35.5. The molecule has 1 aromatic heterocycles. The zero-order valence-corrected chi connectivity index (χ0v) is 15.1. The molecule has 0 bridgehead atoms. The summed E-state index contributed by atoms with van der Waals surface area (Å²) in [6.07, 6.45) is 0. The highest BCUT2D eigenvalue weighted by molar-refractivity contribution is 6.35. The van der Waals surface area contributed by atoms with E-state index in [1.54, 1.807) is 25.1 Å². The Balaban J connectivity index is 1.82. The number of halogens is 3. The van der Waals surface area contributed by atoms with Crippen LogP contribution in [0.15, 0.2) is 48.5 Å². The number of aryl methyl sites for hydroxylation is 1. The van der Waals surface area contributed by atoms with Crippen molar-refractivity contribution in [1.82, 2.24) is 9.97 Å². The van der Waals surface area contributed by atoms with E-state index in [0.29, 0.717) is 33.1 Å². The van der Waals surface area contributed by atoms with Crippen LogP contribution in [0, 0.1) is 12.7 Å². The molecule has 3 rings (SSSR count). The molecule has 0 spiro atoms. The third-order valence-corrected chi connectivity index (χ3v) is 3.74. The van der Waals surface area contributed by atoms with Gasteiger partial charge in [0.25, 0.3) is 5.91 Å². The number of aromatic nitrogens is 2. The number of nitrogens with zero attached hydrogens (tertiary/aromatic N) is 2. The predicted octanol–water partition coefficient (Wildman–Crippen LogP) is 5.23. The van der Waals surface area contributed by atoms with Crippen molar-refractivity contribution >= 4 is 46.3 Å². The minimum atomic E-state index is -0.436. The number of rotatable bonds is 4. The van der Waals surface area contributed by atoms with E-state index in [2.05, 4.69) is 20.6 Å². The highest BCUT2D eigenvalue weighted by Crippen LogP contribution is 2.25. The van der Waals surface area contributed by atoms with Gasteiger partial charge in [-0.05, 0) is 49.4 Å². The monoisotopic (exact) mass is 390 g/mol. The molecular weight excluding hydrogens is 378 g/mol. The fourth-order valence-electron chi connectivity index (χ4n) is 2.25. The van der Waals surface area contributed by atoms with E-state index < -0.39 is 5.91 Å². The maximum absolute atomic E-state index is 13.0. The van der Waals surface area contributed by atoms with Gasteiger partial charge in [0.05, 0.1) is 0 Å². The predicted molar refractivity (Wildman–Crippen MR) is 101 cm³/mol. The van der Waals surface area contributed by atoms with E-state index in [1.807, 2.05) is 0 Å². The van der Waals surface area contributed by atoms with Crippen LogP contribution >= 0.6 is 23.2 Å². The summed E-state index contributed by atoms with van der Waals surface area (Å²) < 4.78 is 13.0. The second kappa shape index (κ2) is 7.68. The van der Waals surface area contributed by atoms with Crippen molar-refractivity contribution in [2.75, 3.05) is 10.6 Å². The maximum atomic E-state index is 13.0. The summed E-state index contributed by atoms with van der Waals surface area (Å²) in [6.45, 7) is 1.67. The Morgan fingerprint density at radius 2 is 1.62 bits per heavy atom. The molecule has 8 heteroatoms. The molecule has 5 nitrogen and oxygen atoms in total. The number of carbonyl (C=O) groups is 1. The Hall–Kier alpha value is -2.70. The van der Waals surface area contributed by atoms with Crippen LogP contribution in [0.25, 0.3) is 0 Å². The van der Waals surface area contributed by atoms with Gasteiger partial charge in [-0.15, -0.1) is 0 Å². The van der Waals surface area contributed by atoms with Gasteiger partial charge in [-0.1, -0.05) is 23.2 Å². The zero-order chi connectivity index (χ0) is 18.7. The van der Waals surface area contributed by atoms with Crippen molar-refractivity contribution < 1.29 is 9.18 Å². The lowest BCUT2D eigenvalue weighted by Gasteiger charge is -2.10. The average molecular weight is 391 g/mol. The molecule has 0 fully saturated rings. The summed E-state index contributed by atoms with van der Waals surface area (Å²) >= 11 is 12.0. The molecule has 0 atom stereocenters. The molecule has 0 saturated heterocycles. The smallest absolute Gasteiger partial charge is 0.274 e. The quantitative estimate of drug-likeness (QED) is 0.640. The summed E-state index contributed by atoms with van der Waals surface area (Å²) in [5, 5.41) is 6.64. The molecule has 2 aromatic carbocycles. The number of nitrogens with one attached hydrogen (secondary N) is 2. The van der Waals surface area contributed by atoms with Gasteiger partial charge >= 0.3 is 0 Å². The first kappa shape index (κ1) is 18.1. The van der Waals surface area contributed by atoms with Crippen molar-refractivity contribution in [3.05, 3.63) is 75.9 Å². The van der Waals surface area contributed by atoms with E-state index in [9.17, 15) is 9.18 Å². The summed E-state index contributed by atoms with van der Waals surface area (Å²) in [6, 6.07) is 11.9. The van der Waals surface area contributed by atoms with Gasteiger partial charge in [0.1, 0.15) is 23.2 Å². The van der Waals surface area contributed by atoms with Crippen molar-refractivity contribution in [3.8, 4) is 0 Å². The molecular formula is C18H13Cl2FN4O. The number of anilines is 3. The average Bonchev–Trinajstić information content (AvgIpc) is 2.55. The number of amides is 1. The first-order valence-corrected chi connectivity index (χ1v) is 8.30. The minimum Gasteiger partial charge on any atom is -0.340 e. The van der Waals surface area contributed by atoms with Gasteiger partial charge in [0.15, 0.2) is 0 Å². The normalized spacial score (nSPS) is 10.5. The summed E-state index contributed by atoms with van der Waals surface area (Å²) in [5.74, 6) is 0.00861. The third kappa shape index (κ3) is 4.68. The zero-order valence-electron chi connectivity index (χ0n) is 13.6. The van der Waals surface area contributed by atoms with Crippen LogP contribution < -0.4 is 10.6 Å². The molecule has 132 valence electrons. The van der Waals surface area contributed by atoms with E-state index >= 15 is 0 Å². The summed E-state index contributed by atoms with van der Waals surface area (Å²) in [4.78, 5) is 20.8. The Labute approximate surface area is 159 Å². The molecule has 0 aliphatic heterocycles. The molecule has 0 aliphatic rings. The number of hydrogen-bond acceptors (Lipinski definition) is 4. The van der Waals surface area contributed by atoms with Crippen LogP contribution in [0.1, 0.15) is 16.3 Å².